The first-order valence-corrected chi connectivity index (χ1v) is 11.1. The minimum atomic E-state index is -3.67. The molecule has 0 fully saturated rings. The van der Waals surface area contributed by atoms with E-state index in [-0.39, 0.29) is 18.7 Å². The van der Waals surface area contributed by atoms with Crippen molar-refractivity contribution >= 4 is 21.6 Å². The summed E-state index contributed by atoms with van der Waals surface area (Å²) < 4.78 is 36.5. The molecule has 2 aromatic rings. The van der Waals surface area contributed by atoms with Crippen LogP contribution >= 0.6 is 0 Å². The highest BCUT2D eigenvalue weighted by Crippen LogP contribution is 2.24. The summed E-state index contributed by atoms with van der Waals surface area (Å²) in [5, 5.41) is 2.84. The van der Waals surface area contributed by atoms with Gasteiger partial charge in [0.15, 0.2) is 0 Å². The van der Waals surface area contributed by atoms with E-state index < -0.39 is 15.9 Å². The summed E-state index contributed by atoms with van der Waals surface area (Å²) in [6.45, 7) is 5.27. The lowest BCUT2D eigenvalue weighted by molar-refractivity contribution is -0.120. The van der Waals surface area contributed by atoms with Gasteiger partial charge in [0.25, 0.3) is 0 Å². The van der Waals surface area contributed by atoms with Crippen LogP contribution in [0.15, 0.2) is 48.5 Å². The molecule has 2 rings (SSSR count). The second kappa shape index (κ2) is 9.65. The van der Waals surface area contributed by atoms with Crippen molar-refractivity contribution in [3.8, 4) is 11.5 Å². The Morgan fingerprint density at radius 1 is 1.07 bits per heavy atom. The fourth-order valence-electron chi connectivity index (χ4n) is 2.78. The molecule has 0 bridgehead atoms. The normalized spacial score (nSPS) is 12.3. The number of ether oxygens (including phenoxy) is 2. The highest BCUT2D eigenvalue weighted by Gasteiger charge is 2.22. The highest BCUT2D eigenvalue weighted by molar-refractivity contribution is 7.92. The number of benzene rings is 2. The van der Waals surface area contributed by atoms with E-state index in [1.165, 1.54) is 0 Å². The Labute approximate surface area is 172 Å². The monoisotopic (exact) mass is 420 g/mol. The van der Waals surface area contributed by atoms with Gasteiger partial charge in [-0.05, 0) is 50.6 Å². The van der Waals surface area contributed by atoms with Crippen molar-refractivity contribution in [3.05, 3.63) is 54.1 Å². The lowest BCUT2D eigenvalue weighted by Gasteiger charge is -2.24. The Morgan fingerprint density at radius 3 is 2.28 bits per heavy atom. The molecule has 8 heteroatoms. The van der Waals surface area contributed by atoms with Gasteiger partial charge in [0.2, 0.25) is 15.9 Å². The van der Waals surface area contributed by atoms with Gasteiger partial charge in [-0.25, -0.2) is 8.42 Å². The first-order chi connectivity index (χ1) is 13.6. The molecule has 0 heterocycles. The number of carbonyl (C=O) groups excluding carboxylic acids is 1. The first kappa shape index (κ1) is 22.5. The molecule has 0 spiro atoms. The maximum atomic E-state index is 12.6. The van der Waals surface area contributed by atoms with Crippen LogP contribution in [0.2, 0.25) is 0 Å². The number of nitrogens with one attached hydrogen (secondary N) is 1. The molecule has 0 aliphatic rings. The van der Waals surface area contributed by atoms with Crippen LogP contribution in [0, 0.1) is 0 Å². The van der Waals surface area contributed by atoms with E-state index in [4.69, 9.17) is 9.47 Å². The van der Waals surface area contributed by atoms with E-state index in [9.17, 15) is 13.2 Å². The molecule has 0 aliphatic carbocycles. The van der Waals surface area contributed by atoms with E-state index in [1.54, 1.807) is 43.5 Å². The predicted molar refractivity (Wildman–Crippen MR) is 114 cm³/mol. The smallest absolute Gasteiger partial charge is 0.241 e. The van der Waals surface area contributed by atoms with Crippen LogP contribution in [0.5, 0.6) is 11.5 Å². The zero-order valence-corrected chi connectivity index (χ0v) is 18.2. The SMILES string of the molecule is COc1ccc([C@@H](C)NC(=O)CN(c2cccc(OC(C)C)c2)S(C)(=O)=O)cc1. The summed E-state index contributed by atoms with van der Waals surface area (Å²) in [7, 11) is -2.08. The fraction of sp³-hybridized carbons (Fsp3) is 0.381. The molecular weight excluding hydrogens is 392 g/mol. The van der Waals surface area contributed by atoms with Gasteiger partial charge in [-0.3, -0.25) is 9.10 Å². The molecule has 1 N–H and O–H groups in total. The molecule has 0 aliphatic heterocycles. The number of rotatable bonds is 9. The van der Waals surface area contributed by atoms with Crippen molar-refractivity contribution in [1.29, 1.82) is 0 Å². The van der Waals surface area contributed by atoms with E-state index >= 15 is 0 Å². The van der Waals surface area contributed by atoms with E-state index in [0.29, 0.717) is 11.4 Å². The van der Waals surface area contributed by atoms with Crippen LogP contribution in [-0.4, -0.2) is 40.3 Å². The molecule has 1 atom stereocenters. The maximum absolute atomic E-state index is 12.6. The van der Waals surface area contributed by atoms with Gasteiger partial charge in [0.1, 0.15) is 18.0 Å². The molecule has 0 saturated heterocycles. The lowest BCUT2D eigenvalue weighted by Crippen LogP contribution is -2.41. The Hall–Kier alpha value is -2.74. The van der Waals surface area contributed by atoms with Crippen LogP contribution in [0.4, 0.5) is 5.69 Å². The second-order valence-corrected chi connectivity index (χ2v) is 8.90. The van der Waals surface area contributed by atoms with Crippen molar-refractivity contribution in [2.75, 3.05) is 24.2 Å². The number of hydrogen-bond donors (Lipinski definition) is 1. The summed E-state index contributed by atoms with van der Waals surface area (Å²) in [5.74, 6) is 0.853. The highest BCUT2D eigenvalue weighted by atomic mass is 32.2. The maximum Gasteiger partial charge on any atom is 0.241 e. The van der Waals surface area contributed by atoms with Crippen molar-refractivity contribution in [2.24, 2.45) is 0 Å². The van der Waals surface area contributed by atoms with Crippen LogP contribution in [0.1, 0.15) is 32.4 Å². The third-order valence-corrected chi connectivity index (χ3v) is 5.30. The zero-order chi connectivity index (χ0) is 21.6. The molecule has 0 unspecified atom stereocenters. The number of anilines is 1. The fourth-order valence-corrected chi connectivity index (χ4v) is 3.63. The van der Waals surface area contributed by atoms with Crippen molar-refractivity contribution in [1.82, 2.24) is 5.32 Å². The van der Waals surface area contributed by atoms with Crippen LogP contribution in [0.25, 0.3) is 0 Å². The first-order valence-electron chi connectivity index (χ1n) is 9.28. The number of sulfonamides is 1. The molecule has 0 saturated carbocycles. The molecule has 0 aromatic heterocycles. The molecule has 1 amide bonds. The average Bonchev–Trinajstić information content (AvgIpc) is 2.65. The topological polar surface area (TPSA) is 84.9 Å². The molecule has 0 radical (unpaired) electrons. The minimum Gasteiger partial charge on any atom is -0.497 e. The number of methoxy groups -OCH3 is 1. The number of hydrogen-bond acceptors (Lipinski definition) is 5. The Morgan fingerprint density at radius 2 is 1.72 bits per heavy atom. The molecule has 7 nitrogen and oxygen atoms in total. The third kappa shape index (κ3) is 6.67. The zero-order valence-electron chi connectivity index (χ0n) is 17.4. The molecule has 158 valence electrons. The van der Waals surface area contributed by atoms with Gasteiger partial charge < -0.3 is 14.8 Å². The van der Waals surface area contributed by atoms with Gasteiger partial charge in [-0.2, -0.15) is 0 Å². The van der Waals surface area contributed by atoms with Gasteiger partial charge in [-0.15, -0.1) is 0 Å². The number of carbonyl (C=O) groups is 1. The standard InChI is InChI=1S/C21H28N2O5S/c1-15(2)28-20-8-6-7-18(13-20)23(29(5,25)26)14-21(24)22-16(3)17-9-11-19(27-4)12-10-17/h6-13,15-16H,14H2,1-5H3,(H,22,24)/t16-/m1/s1. The van der Waals surface area contributed by atoms with E-state index in [1.807, 2.05) is 32.9 Å². The van der Waals surface area contributed by atoms with Gasteiger partial charge >= 0.3 is 0 Å². The van der Waals surface area contributed by atoms with Crippen molar-refractivity contribution in [3.63, 3.8) is 0 Å². The summed E-state index contributed by atoms with van der Waals surface area (Å²) in [6.07, 6.45) is 1.02. The van der Waals surface area contributed by atoms with Crippen LogP contribution in [0.3, 0.4) is 0 Å². The van der Waals surface area contributed by atoms with E-state index in [2.05, 4.69) is 5.32 Å². The Bertz CT molecular complexity index is 926. The Kier molecular flexibility index (Phi) is 7.50. The summed E-state index contributed by atoms with van der Waals surface area (Å²) in [6, 6.07) is 13.7. The third-order valence-electron chi connectivity index (χ3n) is 4.16. The van der Waals surface area contributed by atoms with Gasteiger partial charge in [0.05, 0.1) is 31.2 Å². The molecule has 29 heavy (non-hydrogen) atoms. The molecule has 2 aromatic carbocycles. The second-order valence-electron chi connectivity index (χ2n) is 7.00. The van der Waals surface area contributed by atoms with Gasteiger partial charge in [0, 0.05) is 6.07 Å². The average molecular weight is 421 g/mol. The quantitative estimate of drug-likeness (QED) is 0.674. The Balaban J connectivity index is 2.14. The molecular formula is C21H28N2O5S. The van der Waals surface area contributed by atoms with Crippen molar-refractivity contribution in [2.45, 2.75) is 32.9 Å². The van der Waals surface area contributed by atoms with Crippen molar-refractivity contribution < 1.29 is 22.7 Å². The summed E-state index contributed by atoms with van der Waals surface area (Å²) in [5.41, 5.74) is 1.26. The van der Waals surface area contributed by atoms with Gasteiger partial charge in [-0.1, -0.05) is 18.2 Å². The lowest BCUT2D eigenvalue weighted by atomic mass is 10.1. The van der Waals surface area contributed by atoms with Crippen LogP contribution in [-0.2, 0) is 14.8 Å². The predicted octanol–water partition coefficient (Wildman–Crippen LogP) is 3.13. The summed E-state index contributed by atoms with van der Waals surface area (Å²) >= 11 is 0. The number of amides is 1. The summed E-state index contributed by atoms with van der Waals surface area (Å²) in [4.78, 5) is 12.6. The van der Waals surface area contributed by atoms with E-state index in [0.717, 1.165) is 21.9 Å². The number of nitrogens with zero attached hydrogens (tertiary/aromatic N) is 1. The minimum absolute atomic E-state index is 0.0504. The largest absolute Gasteiger partial charge is 0.497 e. The van der Waals surface area contributed by atoms with Crippen LogP contribution < -0.4 is 19.1 Å².